The highest BCUT2D eigenvalue weighted by atomic mass is 32.2. The van der Waals surface area contributed by atoms with Gasteiger partial charge in [0, 0.05) is 76.8 Å². The molecule has 0 saturated carbocycles. The number of nitrogens with zero attached hydrogens (tertiary/aromatic N) is 4. The first-order chi connectivity index (χ1) is 13.9. The molecule has 1 aromatic rings. The Morgan fingerprint density at radius 1 is 1.28 bits per heavy atom. The third kappa shape index (κ3) is 6.77. The van der Waals surface area contributed by atoms with Crippen molar-refractivity contribution in [2.24, 2.45) is 0 Å². The molecule has 164 valence electrons. The molecule has 0 radical (unpaired) electrons. The molecule has 0 aliphatic carbocycles. The van der Waals surface area contributed by atoms with Crippen LogP contribution < -0.4 is 5.32 Å². The van der Waals surface area contributed by atoms with Crippen LogP contribution in [0.2, 0.25) is 0 Å². The quantitative estimate of drug-likeness (QED) is 0.609. The van der Waals surface area contributed by atoms with Crippen molar-refractivity contribution in [2.45, 2.75) is 50.7 Å². The van der Waals surface area contributed by atoms with Crippen molar-refractivity contribution in [3.8, 4) is 0 Å². The van der Waals surface area contributed by atoms with Crippen LogP contribution in [0, 0.1) is 0 Å². The van der Waals surface area contributed by atoms with Crippen molar-refractivity contribution < 1.29 is 17.9 Å². The molecule has 10 heteroatoms. The van der Waals surface area contributed by atoms with E-state index in [0.29, 0.717) is 38.6 Å². The largest absolute Gasteiger partial charge is 0.381 e. The number of nitrogens with one attached hydrogen (secondary N) is 1. The molecule has 1 amide bonds. The maximum atomic E-state index is 12.2. The maximum absolute atomic E-state index is 12.2. The van der Waals surface area contributed by atoms with Crippen LogP contribution in [-0.2, 0) is 26.1 Å². The summed E-state index contributed by atoms with van der Waals surface area (Å²) in [6, 6.07) is 2.39. The lowest BCUT2D eigenvalue weighted by molar-refractivity contribution is -0.121. The van der Waals surface area contributed by atoms with Gasteiger partial charge in [0.1, 0.15) is 0 Å². The summed E-state index contributed by atoms with van der Waals surface area (Å²) < 4.78 is 32.9. The standard InChI is InChI=1S/C19H33N5O4S/c1-29(26,27)23-11-2-4-18(16-23)24(17-6-14-28-15-7-17)13-9-20-19(25)5-12-22-10-3-8-21-22/h3,8,10,17-18H,2,4-7,9,11-16H2,1H3,(H,20,25). The van der Waals surface area contributed by atoms with Gasteiger partial charge in [-0.3, -0.25) is 14.4 Å². The number of ether oxygens (including phenoxy) is 1. The van der Waals surface area contributed by atoms with Crippen molar-refractivity contribution in [2.75, 3.05) is 45.6 Å². The van der Waals surface area contributed by atoms with E-state index in [2.05, 4.69) is 15.3 Å². The minimum atomic E-state index is -3.18. The van der Waals surface area contributed by atoms with E-state index in [1.165, 1.54) is 6.26 Å². The molecule has 0 aromatic carbocycles. The number of carbonyl (C=O) groups is 1. The monoisotopic (exact) mass is 427 g/mol. The second kappa shape index (κ2) is 10.5. The average molecular weight is 428 g/mol. The average Bonchev–Trinajstić information content (AvgIpc) is 3.23. The minimum absolute atomic E-state index is 0.00818. The molecule has 2 aliphatic rings. The van der Waals surface area contributed by atoms with Crippen LogP contribution in [0.5, 0.6) is 0 Å². The lowest BCUT2D eigenvalue weighted by Gasteiger charge is -2.43. The number of amides is 1. The van der Waals surface area contributed by atoms with E-state index >= 15 is 0 Å². The molecule has 2 saturated heterocycles. The topological polar surface area (TPSA) is 96.8 Å². The zero-order valence-corrected chi connectivity index (χ0v) is 18.0. The van der Waals surface area contributed by atoms with E-state index in [9.17, 15) is 13.2 Å². The molecule has 3 heterocycles. The van der Waals surface area contributed by atoms with Crippen LogP contribution in [-0.4, -0.2) is 91.0 Å². The molecule has 0 bridgehead atoms. The van der Waals surface area contributed by atoms with Gasteiger partial charge in [-0.15, -0.1) is 0 Å². The van der Waals surface area contributed by atoms with Crippen molar-refractivity contribution in [1.82, 2.24) is 24.3 Å². The minimum Gasteiger partial charge on any atom is -0.381 e. The Balaban J connectivity index is 1.53. The highest BCUT2D eigenvalue weighted by molar-refractivity contribution is 7.88. The van der Waals surface area contributed by atoms with E-state index in [1.54, 1.807) is 15.2 Å². The molecule has 9 nitrogen and oxygen atoms in total. The van der Waals surface area contributed by atoms with Crippen LogP contribution in [0.3, 0.4) is 0 Å². The van der Waals surface area contributed by atoms with Gasteiger partial charge in [0.05, 0.1) is 6.26 Å². The van der Waals surface area contributed by atoms with Gasteiger partial charge >= 0.3 is 0 Å². The first kappa shape index (κ1) is 22.2. The molecule has 3 rings (SSSR count). The summed E-state index contributed by atoms with van der Waals surface area (Å²) in [5.74, 6) is 0.00818. The first-order valence-corrected chi connectivity index (χ1v) is 12.3. The predicted octanol–water partition coefficient (Wildman–Crippen LogP) is 0.294. The predicted molar refractivity (Wildman–Crippen MR) is 110 cm³/mol. The Hall–Kier alpha value is -1.49. The van der Waals surface area contributed by atoms with E-state index in [0.717, 1.165) is 45.4 Å². The lowest BCUT2D eigenvalue weighted by Crippen LogP contribution is -2.55. The number of sulfonamides is 1. The number of hydrogen-bond donors (Lipinski definition) is 1. The summed E-state index contributed by atoms with van der Waals surface area (Å²) in [7, 11) is -3.18. The fraction of sp³-hybridized carbons (Fsp3) is 0.789. The summed E-state index contributed by atoms with van der Waals surface area (Å²) >= 11 is 0. The summed E-state index contributed by atoms with van der Waals surface area (Å²) in [4.78, 5) is 14.6. The fourth-order valence-corrected chi connectivity index (χ4v) is 5.14. The van der Waals surface area contributed by atoms with Gasteiger partial charge in [-0.2, -0.15) is 5.10 Å². The maximum Gasteiger partial charge on any atom is 0.221 e. The van der Waals surface area contributed by atoms with Crippen LogP contribution in [0.1, 0.15) is 32.1 Å². The number of aromatic nitrogens is 2. The summed E-state index contributed by atoms with van der Waals surface area (Å²) in [6.45, 7) is 4.45. The fourth-order valence-electron chi connectivity index (χ4n) is 4.23. The number of carbonyl (C=O) groups excluding carboxylic acids is 1. The Bertz CT molecular complexity index is 734. The molecule has 1 atom stereocenters. The SMILES string of the molecule is CS(=O)(=O)N1CCCC(N(CCNC(=O)CCn2cccn2)C2CCOCC2)C1. The number of piperidine rings is 1. The number of aryl methyl sites for hydroxylation is 1. The molecule has 1 unspecified atom stereocenters. The van der Waals surface area contributed by atoms with Crippen LogP contribution in [0.15, 0.2) is 18.5 Å². The highest BCUT2D eigenvalue weighted by Crippen LogP contribution is 2.24. The van der Waals surface area contributed by atoms with Gasteiger partial charge in [0.25, 0.3) is 0 Å². The molecule has 1 N–H and O–H groups in total. The van der Waals surface area contributed by atoms with Crippen LogP contribution in [0.4, 0.5) is 0 Å². The summed E-state index contributed by atoms with van der Waals surface area (Å²) in [5.41, 5.74) is 0. The first-order valence-electron chi connectivity index (χ1n) is 10.5. The van der Waals surface area contributed by atoms with Crippen LogP contribution in [0.25, 0.3) is 0 Å². The number of hydrogen-bond acceptors (Lipinski definition) is 6. The van der Waals surface area contributed by atoms with Crippen molar-refractivity contribution in [3.63, 3.8) is 0 Å². The third-order valence-electron chi connectivity index (χ3n) is 5.78. The van der Waals surface area contributed by atoms with Gasteiger partial charge in [-0.05, 0) is 31.7 Å². The normalized spacial score (nSPS) is 22.1. The van der Waals surface area contributed by atoms with Gasteiger partial charge in [0.15, 0.2) is 0 Å². The zero-order chi connectivity index (χ0) is 20.7. The van der Waals surface area contributed by atoms with Crippen molar-refractivity contribution in [1.29, 1.82) is 0 Å². The van der Waals surface area contributed by atoms with E-state index in [4.69, 9.17) is 4.74 Å². The molecule has 29 heavy (non-hydrogen) atoms. The second-order valence-corrected chi connectivity index (χ2v) is 9.85. The summed E-state index contributed by atoms with van der Waals surface area (Å²) in [6.07, 6.45) is 8.97. The number of rotatable bonds is 9. The zero-order valence-electron chi connectivity index (χ0n) is 17.2. The highest BCUT2D eigenvalue weighted by Gasteiger charge is 2.33. The molecular weight excluding hydrogens is 394 g/mol. The molecule has 2 aliphatic heterocycles. The molecule has 0 spiro atoms. The van der Waals surface area contributed by atoms with Crippen molar-refractivity contribution in [3.05, 3.63) is 18.5 Å². The third-order valence-corrected chi connectivity index (χ3v) is 7.05. The van der Waals surface area contributed by atoms with Gasteiger partial charge in [0.2, 0.25) is 15.9 Å². The Morgan fingerprint density at radius 3 is 2.76 bits per heavy atom. The van der Waals surface area contributed by atoms with Crippen molar-refractivity contribution >= 4 is 15.9 Å². The van der Waals surface area contributed by atoms with Gasteiger partial charge < -0.3 is 10.1 Å². The van der Waals surface area contributed by atoms with Crippen LogP contribution >= 0.6 is 0 Å². The van der Waals surface area contributed by atoms with Gasteiger partial charge in [-0.1, -0.05) is 0 Å². The molecule has 2 fully saturated rings. The Kier molecular flexibility index (Phi) is 8.05. The smallest absolute Gasteiger partial charge is 0.221 e. The van der Waals surface area contributed by atoms with E-state index in [1.807, 2.05) is 12.3 Å². The van der Waals surface area contributed by atoms with E-state index in [-0.39, 0.29) is 11.9 Å². The Labute approximate surface area is 173 Å². The Morgan fingerprint density at radius 2 is 2.07 bits per heavy atom. The second-order valence-electron chi connectivity index (χ2n) is 7.87. The summed E-state index contributed by atoms with van der Waals surface area (Å²) in [5, 5.41) is 7.12. The van der Waals surface area contributed by atoms with E-state index < -0.39 is 10.0 Å². The molecular formula is C19H33N5O4S. The molecule has 1 aromatic heterocycles. The lowest BCUT2D eigenvalue weighted by atomic mass is 9.99. The van der Waals surface area contributed by atoms with Gasteiger partial charge in [-0.25, -0.2) is 12.7 Å².